The standard InChI is InChI=1S/C16H21BrClN3/c1-4-5-14-20-15(16(19)21(14)9-10(2)3)12-7-6-11(17)8-13(12)18/h6-8,10H,4-5,9,19H2,1-3H3. The number of nitrogens with two attached hydrogens (primary N) is 1. The molecule has 1 aromatic carbocycles. The smallest absolute Gasteiger partial charge is 0.131 e. The molecule has 0 fully saturated rings. The number of anilines is 1. The first-order valence-electron chi connectivity index (χ1n) is 7.24. The lowest BCUT2D eigenvalue weighted by Crippen LogP contribution is -2.11. The summed E-state index contributed by atoms with van der Waals surface area (Å²) < 4.78 is 3.08. The van der Waals surface area contributed by atoms with E-state index in [4.69, 9.17) is 22.3 Å². The minimum atomic E-state index is 0.519. The van der Waals surface area contributed by atoms with Gasteiger partial charge in [0.2, 0.25) is 0 Å². The van der Waals surface area contributed by atoms with Crippen LogP contribution in [0, 0.1) is 5.92 Å². The van der Waals surface area contributed by atoms with Crippen LogP contribution in [0.25, 0.3) is 11.3 Å². The zero-order chi connectivity index (χ0) is 15.6. The van der Waals surface area contributed by atoms with Gasteiger partial charge in [-0.1, -0.05) is 54.4 Å². The van der Waals surface area contributed by atoms with Crippen LogP contribution in [0.15, 0.2) is 22.7 Å². The third-order valence-electron chi connectivity index (χ3n) is 3.29. The molecule has 0 aliphatic rings. The first kappa shape index (κ1) is 16.4. The van der Waals surface area contributed by atoms with E-state index in [1.165, 1.54) is 0 Å². The summed E-state index contributed by atoms with van der Waals surface area (Å²) in [5.74, 6) is 2.26. The zero-order valence-corrected chi connectivity index (χ0v) is 15.0. The lowest BCUT2D eigenvalue weighted by atomic mass is 10.1. The van der Waals surface area contributed by atoms with Crippen LogP contribution in [0.2, 0.25) is 5.02 Å². The van der Waals surface area contributed by atoms with Crippen molar-refractivity contribution in [2.24, 2.45) is 5.92 Å². The highest BCUT2D eigenvalue weighted by Crippen LogP contribution is 2.34. The Morgan fingerprint density at radius 1 is 1.38 bits per heavy atom. The number of rotatable bonds is 5. The van der Waals surface area contributed by atoms with Crippen molar-refractivity contribution < 1.29 is 0 Å². The molecule has 0 unspecified atom stereocenters. The molecule has 2 rings (SSSR count). The topological polar surface area (TPSA) is 43.8 Å². The van der Waals surface area contributed by atoms with E-state index in [1.807, 2.05) is 18.2 Å². The average Bonchev–Trinajstić information content (AvgIpc) is 2.68. The van der Waals surface area contributed by atoms with Gasteiger partial charge in [0.15, 0.2) is 0 Å². The molecule has 0 atom stereocenters. The van der Waals surface area contributed by atoms with Gasteiger partial charge in [-0.25, -0.2) is 4.98 Å². The molecule has 3 nitrogen and oxygen atoms in total. The molecular formula is C16H21BrClN3. The Kier molecular flexibility index (Phi) is 5.33. The van der Waals surface area contributed by atoms with Gasteiger partial charge in [0.05, 0.1) is 5.02 Å². The van der Waals surface area contributed by atoms with Gasteiger partial charge >= 0.3 is 0 Å². The molecule has 2 aromatic rings. The van der Waals surface area contributed by atoms with Crippen molar-refractivity contribution in [1.82, 2.24) is 9.55 Å². The maximum Gasteiger partial charge on any atom is 0.131 e. The van der Waals surface area contributed by atoms with E-state index >= 15 is 0 Å². The summed E-state index contributed by atoms with van der Waals surface area (Å²) in [4.78, 5) is 4.75. The van der Waals surface area contributed by atoms with E-state index in [2.05, 4.69) is 41.3 Å². The van der Waals surface area contributed by atoms with Crippen LogP contribution in [0.5, 0.6) is 0 Å². The summed E-state index contributed by atoms with van der Waals surface area (Å²) >= 11 is 9.77. The quantitative estimate of drug-likeness (QED) is 0.790. The second kappa shape index (κ2) is 6.84. The Morgan fingerprint density at radius 2 is 2.10 bits per heavy atom. The maximum atomic E-state index is 6.35. The molecule has 21 heavy (non-hydrogen) atoms. The van der Waals surface area contributed by atoms with Crippen LogP contribution in [-0.2, 0) is 13.0 Å². The van der Waals surface area contributed by atoms with Crippen molar-refractivity contribution in [3.05, 3.63) is 33.5 Å². The van der Waals surface area contributed by atoms with Gasteiger partial charge in [-0.15, -0.1) is 0 Å². The highest BCUT2D eigenvalue weighted by Gasteiger charge is 2.18. The van der Waals surface area contributed by atoms with Crippen LogP contribution < -0.4 is 5.73 Å². The Morgan fingerprint density at radius 3 is 2.67 bits per heavy atom. The van der Waals surface area contributed by atoms with Crippen molar-refractivity contribution in [3.63, 3.8) is 0 Å². The predicted molar refractivity (Wildman–Crippen MR) is 93.6 cm³/mol. The van der Waals surface area contributed by atoms with Crippen LogP contribution >= 0.6 is 27.5 Å². The van der Waals surface area contributed by atoms with Crippen molar-refractivity contribution in [2.75, 3.05) is 5.73 Å². The fourth-order valence-corrected chi connectivity index (χ4v) is 3.14. The number of benzene rings is 1. The molecule has 0 saturated carbocycles. The number of hydrogen-bond acceptors (Lipinski definition) is 2. The van der Waals surface area contributed by atoms with Crippen LogP contribution in [-0.4, -0.2) is 9.55 Å². The highest BCUT2D eigenvalue weighted by molar-refractivity contribution is 9.10. The van der Waals surface area contributed by atoms with Gasteiger partial charge in [0.25, 0.3) is 0 Å². The molecule has 2 N–H and O–H groups in total. The van der Waals surface area contributed by atoms with Crippen molar-refractivity contribution in [2.45, 2.75) is 40.2 Å². The summed E-state index contributed by atoms with van der Waals surface area (Å²) in [5, 5.41) is 0.660. The lowest BCUT2D eigenvalue weighted by molar-refractivity contribution is 0.510. The molecule has 0 spiro atoms. The highest BCUT2D eigenvalue weighted by atomic mass is 79.9. The van der Waals surface area contributed by atoms with E-state index in [-0.39, 0.29) is 0 Å². The molecule has 0 aliphatic heterocycles. The Hall–Kier alpha value is -1.00. The first-order valence-corrected chi connectivity index (χ1v) is 8.41. The van der Waals surface area contributed by atoms with Crippen molar-refractivity contribution in [1.29, 1.82) is 0 Å². The Labute approximate surface area is 139 Å². The molecule has 1 heterocycles. The zero-order valence-electron chi connectivity index (χ0n) is 12.7. The summed E-state index contributed by atoms with van der Waals surface area (Å²) in [6.45, 7) is 7.39. The second-order valence-corrected chi connectivity index (χ2v) is 6.96. The minimum Gasteiger partial charge on any atom is -0.383 e. The molecule has 1 aromatic heterocycles. The molecule has 114 valence electrons. The lowest BCUT2D eigenvalue weighted by Gasteiger charge is -2.12. The molecular weight excluding hydrogens is 350 g/mol. The third kappa shape index (κ3) is 3.61. The molecule has 0 amide bonds. The predicted octanol–water partition coefficient (Wildman–Crippen LogP) is 5.16. The fraction of sp³-hybridized carbons (Fsp3) is 0.438. The molecule has 5 heteroatoms. The summed E-state index contributed by atoms with van der Waals surface area (Å²) in [5.41, 5.74) is 8.03. The number of hydrogen-bond donors (Lipinski definition) is 1. The van der Waals surface area contributed by atoms with Crippen LogP contribution in [0.3, 0.4) is 0 Å². The number of aryl methyl sites for hydroxylation is 1. The van der Waals surface area contributed by atoms with Gasteiger partial charge < -0.3 is 10.3 Å². The number of halogens is 2. The first-order chi connectivity index (χ1) is 9.93. The molecule has 0 saturated heterocycles. The van der Waals surface area contributed by atoms with Gasteiger partial charge in [-0.3, -0.25) is 0 Å². The SMILES string of the molecule is CCCc1nc(-c2ccc(Br)cc2Cl)c(N)n1CC(C)C. The Balaban J connectivity index is 2.53. The average molecular weight is 371 g/mol. The van der Waals surface area contributed by atoms with Gasteiger partial charge in [0, 0.05) is 23.0 Å². The molecule has 0 bridgehead atoms. The van der Waals surface area contributed by atoms with Crippen molar-refractivity contribution >= 4 is 33.3 Å². The van der Waals surface area contributed by atoms with E-state index in [9.17, 15) is 0 Å². The molecule has 0 radical (unpaired) electrons. The molecule has 0 aliphatic carbocycles. The van der Waals surface area contributed by atoms with E-state index in [0.29, 0.717) is 16.8 Å². The number of imidazole rings is 1. The number of nitrogens with zero attached hydrogens (tertiary/aromatic N) is 2. The monoisotopic (exact) mass is 369 g/mol. The van der Waals surface area contributed by atoms with Gasteiger partial charge in [0.1, 0.15) is 17.3 Å². The van der Waals surface area contributed by atoms with Crippen molar-refractivity contribution in [3.8, 4) is 11.3 Å². The van der Waals surface area contributed by atoms with E-state index < -0.39 is 0 Å². The summed E-state index contributed by atoms with van der Waals surface area (Å²) in [6, 6.07) is 5.79. The van der Waals surface area contributed by atoms with E-state index in [0.717, 1.165) is 40.9 Å². The summed E-state index contributed by atoms with van der Waals surface area (Å²) in [7, 11) is 0. The third-order valence-corrected chi connectivity index (χ3v) is 4.10. The van der Waals surface area contributed by atoms with E-state index in [1.54, 1.807) is 0 Å². The maximum absolute atomic E-state index is 6.35. The summed E-state index contributed by atoms with van der Waals surface area (Å²) in [6.07, 6.45) is 1.97. The van der Waals surface area contributed by atoms with Crippen LogP contribution in [0.4, 0.5) is 5.82 Å². The largest absolute Gasteiger partial charge is 0.383 e. The number of aromatic nitrogens is 2. The second-order valence-electron chi connectivity index (χ2n) is 5.64. The number of nitrogen functional groups attached to an aromatic ring is 1. The minimum absolute atomic E-state index is 0.519. The van der Waals surface area contributed by atoms with Gasteiger partial charge in [-0.05, 0) is 24.5 Å². The fourth-order valence-electron chi connectivity index (χ4n) is 2.38. The van der Waals surface area contributed by atoms with Gasteiger partial charge in [-0.2, -0.15) is 0 Å². The normalized spacial score (nSPS) is 11.3. The van der Waals surface area contributed by atoms with Crippen LogP contribution in [0.1, 0.15) is 33.0 Å². The Bertz CT molecular complexity index is 635.